The first kappa shape index (κ1) is 18.9. The van der Waals surface area contributed by atoms with Crippen molar-refractivity contribution in [3.05, 3.63) is 27.2 Å². The zero-order chi connectivity index (χ0) is 18.2. The van der Waals surface area contributed by atoms with Crippen LogP contribution in [0.4, 0.5) is 4.79 Å². The summed E-state index contributed by atoms with van der Waals surface area (Å²) in [5.74, 6) is 0.206. The number of carbonyl (C=O) groups excluding carboxylic acids is 2. The lowest BCUT2D eigenvalue weighted by molar-refractivity contribution is 0.00798. The van der Waals surface area contributed by atoms with Gasteiger partial charge in [-0.2, -0.15) is 0 Å². The number of nitrogens with zero attached hydrogens (tertiary/aromatic N) is 1. The van der Waals surface area contributed by atoms with E-state index in [0.29, 0.717) is 40.0 Å². The number of hydrogen-bond donors (Lipinski definition) is 0. The zero-order valence-electron chi connectivity index (χ0n) is 14.4. The van der Waals surface area contributed by atoms with Crippen molar-refractivity contribution in [3.63, 3.8) is 0 Å². The fourth-order valence-corrected chi connectivity index (χ4v) is 3.12. The van der Waals surface area contributed by atoms with Gasteiger partial charge in [-0.25, -0.2) is 4.79 Å². The lowest BCUT2D eigenvalue weighted by Gasteiger charge is -2.41. The molecular weight excluding hydrogens is 353 g/mol. The first-order chi connectivity index (χ1) is 11.0. The molecule has 0 atom stereocenters. The van der Waals surface area contributed by atoms with Crippen LogP contribution in [0.15, 0.2) is 6.07 Å². The van der Waals surface area contributed by atoms with Crippen LogP contribution in [-0.4, -0.2) is 42.6 Å². The van der Waals surface area contributed by atoms with Gasteiger partial charge >= 0.3 is 6.09 Å². The maximum Gasteiger partial charge on any atom is 0.410 e. The minimum atomic E-state index is -0.546. The summed E-state index contributed by atoms with van der Waals surface area (Å²) in [6.07, 6.45) is -0.373. The van der Waals surface area contributed by atoms with Gasteiger partial charge in [-0.15, -0.1) is 0 Å². The quantitative estimate of drug-likeness (QED) is 0.729. The molecule has 7 heteroatoms. The molecule has 2 rings (SSSR count). The van der Waals surface area contributed by atoms with E-state index in [-0.39, 0.29) is 17.8 Å². The van der Waals surface area contributed by atoms with Gasteiger partial charge in [-0.05, 0) is 33.8 Å². The summed E-state index contributed by atoms with van der Waals surface area (Å²) >= 11 is 12.5. The summed E-state index contributed by atoms with van der Waals surface area (Å²) in [5, 5.41) is 0.653. The van der Waals surface area contributed by atoms with Crippen LogP contribution < -0.4 is 4.74 Å². The fourth-order valence-electron chi connectivity index (χ4n) is 2.61. The summed E-state index contributed by atoms with van der Waals surface area (Å²) < 4.78 is 10.7. The smallest absolute Gasteiger partial charge is 0.410 e. The van der Waals surface area contributed by atoms with Gasteiger partial charge in [0.25, 0.3) is 0 Å². The second kappa shape index (κ2) is 6.81. The summed E-state index contributed by atoms with van der Waals surface area (Å²) in [6.45, 7) is 7.76. The Balaban J connectivity index is 2.26. The highest BCUT2D eigenvalue weighted by atomic mass is 35.5. The van der Waals surface area contributed by atoms with E-state index >= 15 is 0 Å². The maximum atomic E-state index is 12.1. The average Bonchev–Trinajstić information content (AvgIpc) is 2.39. The molecule has 0 N–H and O–H groups in total. The summed E-state index contributed by atoms with van der Waals surface area (Å²) in [7, 11) is 1.49. The second-order valence-electron chi connectivity index (χ2n) is 6.81. The largest absolute Gasteiger partial charge is 0.496 e. The molecule has 1 aliphatic heterocycles. The molecule has 1 saturated heterocycles. The number of likely N-dealkylation sites (tertiary alicyclic amines) is 1. The van der Waals surface area contributed by atoms with Gasteiger partial charge < -0.3 is 14.4 Å². The van der Waals surface area contributed by atoms with Crippen molar-refractivity contribution in [2.75, 3.05) is 20.2 Å². The number of Topliss-reactive ketones (excluding diaryl/α,β-unsaturated/α-hetero) is 1. The normalized spacial score (nSPS) is 15.0. The predicted molar refractivity (Wildman–Crippen MR) is 93.6 cm³/mol. The molecular formula is C17H21Cl2NO4. The lowest BCUT2D eigenvalue weighted by Crippen LogP contribution is -2.50. The molecule has 0 radical (unpaired) electrons. The Labute approximate surface area is 151 Å². The topological polar surface area (TPSA) is 55.8 Å². The minimum absolute atomic E-state index is 0.0585. The van der Waals surface area contributed by atoms with Crippen LogP contribution in [0.25, 0.3) is 0 Å². The Morgan fingerprint density at radius 3 is 2.29 bits per heavy atom. The molecule has 1 heterocycles. The van der Waals surface area contributed by atoms with Crippen LogP contribution in [0.3, 0.4) is 0 Å². The SMILES string of the molecule is COc1c(C(C)=O)cc(Cl)c(Cl)c1C1CN(C(=O)OC(C)(C)C)C1. The molecule has 0 aliphatic carbocycles. The molecule has 1 aromatic carbocycles. The van der Waals surface area contributed by atoms with E-state index in [1.165, 1.54) is 20.1 Å². The number of methoxy groups -OCH3 is 1. The van der Waals surface area contributed by atoms with Crippen molar-refractivity contribution in [3.8, 4) is 5.75 Å². The number of hydrogen-bond acceptors (Lipinski definition) is 4. The Bertz CT molecular complexity index is 676. The monoisotopic (exact) mass is 373 g/mol. The summed E-state index contributed by atoms with van der Waals surface area (Å²) in [4.78, 5) is 25.5. The van der Waals surface area contributed by atoms with Crippen LogP contribution >= 0.6 is 23.2 Å². The van der Waals surface area contributed by atoms with Crippen LogP contribution in [0, 0.1) is 0 Å². The minimum Gasteiger partial charge on any atom is -0.496 e. The van der Waals surface area contributed by atoms with Crippen molar-refractivity contribution < 1.29 is 19.1 Å². The summed E-state index contributed by atoms with van der Waals surface area (Å²) in [5.41, 5.74) is 0.504. The number of ketones is 1. The molecule has 1 aliphatic rings. The van der Waals surface area contributed by atoms with E-state index in [0.717, 1.165) is 0 Å². The predicted octanol–water partition coefficient (Wildman–Crippen LogP) is 4.54. The third-order valence-electron chi connectivity index (χ3n) is 3.73. The average molecular weight is 374 g/mol. The third kappa shape index (κ3) is 3.78. The Morgan fingerprint density at radius 2 is 1.83 bits per heavy atom. The van der Waals surface area contributed by atoms with Gasteiger partial charge in [0.1, 0.15) is 11.4 Å². The number of benzene rings is 1. The van der Waals surface area contributed by atoms with Gasteiger partial charge in [0.2, 0.25) is 0 Å². The van der Waals surface area contributed by atoms with Gasteiger partial charge in [0.05, 0.1) is 22.7 Å². The van der Waals surface area contributed by atoms with Crippen molar-refractivity contribution in [1.82, 2.24) is 4.90 Å². The molecule has 1 fully saturated rings. The van der Waals surface area contributed by atoms with Crippen LogP contribution in [0.5, 0.6) is 5.75 Å². The Morgan fingerprint density at radius 1 is 1.25 bits per heavy atom. The van der Waals surface area contributed by atoms with Crippen molar-refractivity contribution in [2.45, 2.75) is 39.2 Å². The summed E-state index contributed by atoms with van der Waals surface area (Å²) in [6, 6.07) is 1.51. The third-order valence-corrected chi connectivity index (χ3v) is 4.53. The van der Waals surface area contributed by atoms with Crippen LogP contribution in [-0.2, 0) is 4.74 Å². The van der Waals surface area contributed by atoms with Gasteiger partial charge in [0, 0.05) is 24.6 Å². The second-order valence-corrected chi connectivity index (χ2v) is 7.59. The first-order valence-corrected chi connectivity index (χ1v) is 8.35. The number of rotatable bonds is 3. The maximum absolute atomic E-state index is 12.1. The molecule has 1 aromatic rings. The van der Waals surface area contributed by atoms with E-state index in [4.69, 9.17) is 32.7 Å². The Kier molecular flexibility index (Phi) is 5.35. The zero-order valence-corrected chi connectivity index (χ0v) is 15.9. The highest BCUT2D eigenvalue weighted by molar-refractivity contribution is 6.43. The molecule has 132 valence electrons. The molecule has 0 bridgehead atoms. The van der Waals surface area contributed by atoms with Crippen LogP contribution in [0.2, 0.25) is 10.0 Å². The fraction of sp³-hybridized carbons (Fsp3) is 0.529. The number of ether oxygens (including phenoxy) is 2. The first-order valence-electron chi connectivity index (χ1n) is 7.60. The molecule has 0 spiro atoms. The lowest BCUT2D eigenvalue weighted by atomic mass is 9.89. The van der Waals surface area contributed by atoms with Gasteiger partial charge in [0.15, 0.2) is 5.78 Å². The molecule has 0 aromatic heterocycles. The van der Waals surface area contributed by atoms with Crippen molar-refractivity contribution in [1.29, 1.82) is 0 Å². The highest BCUT2D eigenvalue weighted by Gasteiger charge is 2.38. The molecule has 1 amide bonds. The molecule has 0 saturated carbocycles. The van der Waals surface area contributed by atoms with Crippen molar-refractivity contribution in [2.24, 2.45) is 0 Å². The van der Waals surface area contributed by atoms with Gasteiger partial charge in [-0.1, -0.05) is 23.2 Å². The van der Waals surface area contributed by atoms with E-state index in [2.05, 4.69) is 0 Å². The number of carbonyl (C=O) groups is 2. The van der Waals surface area contributed by atoms with E-state index < -0.39 is 5.60 Å². The van der Waals surface area contributed by atoms with E-state index in [9.17, 15) is 9.59 Å². The van der Waals surface area contributed by atoms with Crippen molar-refractivity contribution >= 4 is 35.1 Å². The van der Waals surface area contributed by atoms with E-state index in [1.54, 1.807) is 4.90 Å². The number of amides is 1. The van der Waals surface area contributed by atoms with E-state index in [1.807, 2.05) is 20.8 Å². The molecule has 0 unspecified atom stereocenters. The molecule has 24 heavy (non-hydrogen) atoms. The van der Waals surface area contributed by atoms with Crippen LogP contribution in [0.1, 0.15) is 49.5 Å². The highest BCUT2D eigenvalue weighted by Crippen LogP contribution is 2.44. The standard InChI is InChI=1S/C17H21Cl2NO4/c1-9(21)11-6-12(18)14(19)13(15(11)23-5)10-7-20(8-10)16(22)24-17(2,3)4/h6,10H,7-8H2,1-5H3. The Hall–Kier alpha value is -1.46. The number of halogens is 2. The van der Waals surface area contributed by atoms with Gasteiger partial charge in [-0.3, -0.25) is 4.79 Å². The molecule has 5 nitrogen and oxygen atoms in total.